The molecule has 0 saturated heterocycles. The first-order valence-electron chi connectivity index (χ1n) is 6.03. The lowest BCUT2D eigenvalue weighted by atomic mass is 9.68. The van der Waals surface area contributed by atoms with Gasteiger partial charge in [-0.05, 0) is 25.0 Å². The number of nitriles is 1. The number of nitrogens with one attached hydrogen (secondary N) is 1. The summed E-state index contributed by atoms with van der Waals surface area (Å²) in [5, 5.41) is 12.2. The van der Waals surface area contributed by atoms with E-state index in [2.05, 4.69) is 11.4 Å². The van der Waals surface area contributed by atoms with Crippen molar-refractivity contribution >= 4 is 11.7 Å². The van der Waals surface area contributed by atoms with Gasteiger partial charge in [0.15, 0.2) is 0 Å². The van der Waals surface area contributed by atoms with E-state index in [0.29, 0.717) is 12.1 Å². The number of esters is 1. The van der Waals surface area contributed by atoms with Crippen LogP contribution in [0.5, 0.6) is 0 Å². The Kier molecular flexibility index (Phi) is 3.52. The van der Waals surface area contributed by atoms with Gasteiger partial charge in [0.05, 0.1) is 23.8 Å². The molecule has 1 N–H and O–H groups in total. The predicted octanol–water partition coefficient (Wildman–Crippen LogP) is 2.31. The minimum atomic E-state index is -0.405. The van der Waals surface area contributed by atoms with E-state index in [9.17, 15) is 4.79 Å². The van der Waals surface area contributed by atoms with E-state index in [1.165, 1.54) is 7.11 Å². The van der Waals surface area contributed by atoms with Gasteiger partial charge >= 0.3 is 5.97 Å². The third kappa shape index (κ3) is 2.17. The van der Waals surface area contributed by atoms with Crippen molar-refractivity contribution < 1.29 is 9.53 Å². The summed E-state index contributed by atoms with van der Waals surface area (Å²) >= 11 is 0. The minimum absolute atomic E-state index is 0.157. The average Bonchev–Trinajstić information content (AvgIpc) is 2.37. The van der Waals surface area contributed by atoms with Crippen LogP contribution < -0.4 is 5.32 Å². The molecule has 0 aliphatic heterocycles. The fourth-order valence-electron chi connectivity index (χ4n) is 2.27. The van der Waals surface area contributed by atoms with E-state index in [-0.39, 0.29) is 5.97 Å². The molecule has 1 aromatic carbocycles. The van der Waals surface area contributed by atoms with Crippen molar-refractivity contribution in [2.45, 2.75) is 19.3 Å². The second kappa shape index (κ2) is 5.09. The lowest BCUT2D eigenvalue weighted by Gasteiger charge is -2.39. The zero-order chi connectivity index (χ0) is 13.0. The average molecular weight is 244 g/mol. The number of carbonyl (C=O) groups excluding carboxylic acids is 1. The Morgan fingerprint density at radius 3 is 2.78 bits per heavy atom. The Morgan fingerprint density at radius 1 is 1.50 bits per heavy atom. The van der Waals surface area contributed by atoms with Crippen LogP contribution >= 0.6 is 0 Å². The molecule has 1 saturated carbocycles. The number of ether oxygens (including phenoxy) is 1. The Bertz CT molecular complexity index is 487. The Morgan fingerprint density at radius 2 is 2.22 bits per heavy atom. The molecule has 0 radical (unpaired) electrons. The third-order valence-electron chi connectivity index (χ3n) is 3.59. The van der Waals surface area contributed by atoms with Crippen molar-refractivity contribution in [2.75, 3.05) is 19.0 Å². The highest BCUT2D eigenvalue weighted by molar-refractivity contribution is 5.78. The molecule has 0 amide bonds. The summed E-state index contributed by atoms with van der Waals surface area (Å²) in [5.74, 6) is -0.157. The van der Waals surface area contributed by atoms with Crippen molar-refractivity contribution in [2.24, 2.45) is 5.41 Å². The zero-order valence-electron chi connectivity index (χ0n) is 10.4. The van der Waals surface area contributed by atoms with Crippen LogP contribution in [0.15, 0.2) is 24.3 Å². The number of para-hydroxylation sites is 1. The van der Waals surface area contributed by atoms with Crippen molar-refractivity contribution in [3.63, 3.8) is 0 Å². The first kappa shape index (κ1) is 12.4. The predicted molar refractivity (Wildman–Crippen MR) is 67.9 cm³/mol. The number of hydrogen-bond acceptors (Lipinski definition) is 4. The number of methoxy groups -OCH3 is 1. The number of rotatable bonds is 4. The number of hydrogen-bond donors (Lipinski definition) is 1. The summed E-state index contributed by atoms with van der Waals surface area (Å²) in [6.45, 7) is 0.526. The van der Waals surface area contributed by atoms with Crippen molar-refractivity contribution in [1.82, 2.24) is 0 Å². The molecule has 18 heavy (non-hydrogen) atoms. The van der Waals surface area contributed by atoms with Gasteiger partial charge in [0.25, 0.3) is 0 Å². The molecule has 1 aliphatic carbocycles. The van der Waals surface area contributed by atoms with E-state index < -0.39 is 5.41 Å². The Hall–Kier alpha value is -2.02. The molecule has 1 aromatic rings. The first-order chi connectivity index (χ1) is 8.72. The van der Waals surface area contributed by atoms with Gasteiger partial charge in [-0.15, -0.1) is 0 Å². The maximum atomic E-state index is 11.8. The molecule has 0 bridgehead atoms. The van der Waals surface area contributed by atoms with Crippen LogP contribution in [-0.4, -0.2) is 19.6 Å². The van der Waals surface area contributed by atoms with Gasteiger partial charge in [-0.2, -0.15) is 5.26 Å². The lowest BCUT2D eigenvalue weighted by Crippen LogP contribution is -2.44. The second-order valence-electron chi connectivity index (χ2n) is 4.64. The smallest absolute Gasteiger partial charge is 0.313 e. The van der Waals surface area contributed by atoms with Gasteiger partial charge in [-0.25, -0.2) is 0 Å². The van der Waals surface area contributed by atoms with E-state index in [4.69, 9.17) is 10.00 Å². The molecule has 2 rings (SSSR count). The quantitative estimate of drug-likeness (QED) is 0.825. The standard InChI is InChI=1S/C14H16N2O2/c1-18-13(17)14(7-4-8-14)10-16-12-6-3-2-5-11(12)9-15/h2-3,5-6,16H,4,7-8,10H2,1H3. The molecular formula is C14H16N2O2. The van der Waals surface area contributed by atoms with Crippen LogP contribution in [-0.2, 0) is 9.53 Å². The molecule has 1 fully saturated rings. The van der Waals surface area contributed by atoms with Crippen LogP contribution in [0.4, 0.5) is 5.69 Å². The highest BCUT2D eigenvalue weighted by Crippen LogP contribution is 2.42. The molecule has 0 heterocycles. The van der Waals surface area contributed by atoms with Crippen LogP contribution in [0.3, 0.4) is 0 Å². The second-order valence-corrected chi connectivity index (χ2v) is 4.64. The molecule has 0 spiro atoms. The maximum absolute atomic E-state index is 11.8. The maximum Gasteiger partial charge on any atom is 0.313 e. The van der Waals surface area contributed by atoms with E-state index in [1.54, 1.807) is 6.07 Å². The number of benzene rings is 1. The fraction of sp³-hybridized carbons (Fsp3) is 0.429. The zero-order valence-corrected chi connectivity index (χ0v) is 10.4. The van der Waals surface area contributed by atoms with E-state index in [1.807, 2.05) is 18.2 Å². The topological polar surface area (TPSA) is 62.1 Å². The Balaban J connectivity index is 2.07. The lowest BCUT2D eigenvalue weighted by molar-refractivity contribution is -0.157. The summed E-state index contributed by atoms with van der Waals surface area (Å²) in [5.41, 5.74) is 0.962. The fourth-order valence-corrected chi connectivity index (χ4v) is 2.27. The summed E-state index contributed by atoms with van der Waals surface area (Å²) in [7, 11) is 1.42. The van der Waals surface area contributed by atoms with Gasteiger partial charge in [0.1, 0.15) is 6.07 Å². The van der Waals surface area contributed by atoms with Gasteiger partial charge < -0.3 is 10.1 Å². The number of anilines is 1. The van der Waals surface area contributed by atoms with Crippen molar-refractivity contribution in [1.29, 1.82) is 5.26 Å². The van der Waals surface area contributed by atoms with Crippen LogP contribution in [0.2, 0.25) is 0 Å². The van der Waals surface area contributed by atoms with Gasteiger partial charge in [0.2, 0.25) is 0 Å². The molecule has 0 aromatic heterocycles. The van der Waals surface area contributed by atoms with Gasteiger partial charge in [-0.3, -0.25) is 4.79 Å². The van der Waals surface area contributed by atoms with Crippen molar-refractivity contribution in [3.05, 3.63) is 29.8 Å². The van der Waals surface area contributed by atoms with Crippen LogP contribution in [0.25, 0.3) is 0 Å². The number of nitrogens with zero attached hydrogens (tertiary/aromatic N) is 1. The Labute approximate surface area is 107 Å². The van der Waals surface area contributed by atoms with Gasteiger partial charge in [0, 0.05) is 6.54 Å². The monoisotopic (exact) mass is 244 g/mol. The van der Waals surface area contributed by atoms with Crippen LogP contribution in [0, 0.1) is 16.7 Å². The van der Waals surface area contributed by atoms with E-state index in [0.717, 1.165) is 24.9 Å². The third-order valence-corrected chi connectivity index (χ3v) is 3.59. The normalized spacial score (nSPS) is 16.2. The first-order valence-corrected chi connectivity index (χ1v) is 6.03. The largest absolute Gasteiger partial charge is 0.469 e. The highest BCUT2D eigenvalue weighted by atomic mass is 16.5. The van der Waals surface area contributed by atoms with Gasteiger partial charge in [-0.1, -0.05) is 18.6 Å². The number of carbonyl (C=O) groups is 1. The minimum Gasteiger partial charge on any atom is -0.469 e. The van der Waals surface area contributed by atoms with Crippen molar-refractivity contribution in [3.8, 4) is 6.07 Å². The molecule has 0 unspecified atom stereocenters. The molecule has 1 aliphatic rings. The van der Waals surface area contributed by atoms with E-state index >= 15 is 0 Å². The molecular weight excluding hydrogens is 228 g/mol. The summed E-state index contributed by atoms with van der Waals surface area (Å²) < 4.78 is 4.86. The molecule has 4 heteroatoms. The highest BCUT2D eigenvalue weighted by Gasteiger charge is 2.45. The van der Waals surface area contributed by atoms with Crippen LogP contribution in [0.1, 0.15) is 24.8 Å². The molecule has 4 nitrogen and oxygen atoms in total. The summed E-state index contributed by atoms with van der Waals surface area (Å²) in [6.07, 6.45) is 2.75. The summed E-state index contributed by atoms with van der Waals surface area (Å²) in [6, 6.07) is 9.43. The summed E-state index contributed by atoms with van der Waals surface area (Å²) in [4.78, 5) is 11.8. The SMILES string of the molecule is COC(=O)C1(CNc2ccccc2C#N)CCC1. The molecule has 94 valence electrons. The molecule has 0 atom stereocenters.